The molecule has 4 nitrogen and oxygen atoms in total. The predicted octanol–water partition coefficient (Wildman–Crippen LogP) is 5.90. The van der Waals surface area contributed by atoms with Gasteiger partial charge in [-0.05, 0) is 54.7 Å². The first-order chi connectivity index (χ1) is 14.4. The summed E-state index contributed by atoms with van der Waals surface area (Å²) >= 11 is 6.25. The number of nitrogen functional groups attached to an aromatic ring is 1. The minimum absolute atomic E-state index is 0.0831. The molecule has 1 heterocycles. The maximum absolute atomic E-state index is 11.3. The van der Waals surface area contributed by atoms with E-state index in [4.69, 9.17) is 17.3 Å². The Labute approximate surface area is 181 Å². The van der Waals surface area contributed by atoms with E-state index in [1.807, 2.05) is 6.07 Å². The van der Waals surface area contributed by atoms with E-state index in [-0.39, 0.29) is 10.6 Å². The number of carbonyl (C=O) groups is 1. The van der Waals surface area contributed by atoms with Crippen molar-refractivity contribution in [2.45, 2.75) is 33.1 Å². The molecule has 0 saturated heterocycles. The van der Waals surface area contributed by atoms with Crippen LogP contribution in [0.25, 0.3) is 5.57 Å². The van der Waals surface area contributed by atoms with Crippen LogP contribution in [0.15, 0.2) is 65.4 Å². The Kier molecular flexibility index (Phi) is 6.76. The number of anilines is 1. The number of hydrogen-bond acceptors (Lipinski definition) is 3. The third-order valence-electron chi connectivity index (χ3n) is 5.06. The number of benzene rings is 1. The molecule has 1 aromatic heterocycles. The van der Waals surface area contributed by atoms with E-state index >= 15 is 0 Å². The molecule has 30 heavy (non-hydrogen) atoms. The Balaban J connectivity index is 2.14. The zero-order valence-corrected chi connectivity index (χ0v) is 17.8. The van der Waals surface area contributed by atoms with E-state index in [1.54, 1.807) is 24.4 Å². The average Bonchev–Trinajstić information content (AvgIpc) is 2.92. The lowest BCUT2D eigenvalue weighted by Crippen LogP contribution is -1.99. The molecule has 0 saturated carbocycles. The topological polar surface area (TPSA) is 76.2 Å². The van der Waals surface area contributed by atoms with E-state index in [2.05, 4.69) is 42.8 Å². The predicted molar refractivity (Wildman–Crippen MR) is 122 cm³/mol. The van der Waals surface area contributed by atoms with Crippen LogP contribution in [0.2, 0.25) is 5.02 Å². The fourth-order valence-corrected chi connectivity index (χ4v) is 3.57. The number of aromatic nitrogens is 1. The van der Waals surface area contributed by atoms with Gasteiger partial charge in [0.1, 0.15) is 5.82 Å². The first-order valence-corrected chi connectivity index (χ1v) is 10.2. The first kappa shape index (κ1) is 21.4. The Morgan fingerprint density at radius 3 is 2.57 bits per heavy atom. The Morgan fingerprint density at radius 2 is 1.97 bits per heavy atom. The number of carboxylic acid groups (broad SMARTS) is 1. The van der Waals surface area contributed by atoms with E-state index < -0.39 is 5.97 Å². The van der Waals surface area contributed by atoms with Crippen molar-refractivity contribution in [3.05, 3.63) is 87.1 Å². The van der Waals surface area contributed by atoms with Gasteiger partial charge in [-0.15, -0.1) is 0 Å². The molecule has 0 amide bonds. The van der Waals surface area contributed by atoms with Gasteiger partial charge in [-0.2, -0.15) is 0 Å². The first-order valence-electron chi connectivity index (χ1n) is 9.81. The van der Waals surface area contributed by atoms with Gasteiger partial charge in [0.2, 0.25) is 0 Å². The van der Waals surface area contributed by atoms with Crippen molar-refractivity contribution in [3.63, 3.8) is 0 Å². The van der Waals surface area contributed by atoms with Crippen LogP contribution in [0.3, 0.4) is 0 Å². The second kappa shape index (κ2) is 9.47. The maximum Gasteiger partial charge on any atom is 0.337 e. The Bertz CT molecular complexity index is 1130. The van der Waals surface area contributed by atoms with Crippen molar-refractivity contribution in [2.24, 2.45) is 0 Å². The molecule has 2 aromatic rings. The smallest absolute Gasteiger partial charge is 0.337 e. The van der Waals surface area contributed by atoms with Crippen LogP contribution in [-0.4, -0.2) is 16.1 Å². The molecule has 1 aliphatic carbocycles. The second-order valence-electron chi connectivity index (χ2n) is 6.99. The number of rotatable bonds is 4. The zero-order chi connectivity index (χ0) is 21.7. The molecule has 3 rings (SSSR count). The highest BCUT2D eigenvalue weighted by Gasteiger charge is 2.17. The summed E-state index contributed by atoms with van der Waals surface area (Å²) in [4.78, 5) is 15.4. The van der Waals surface area contributed by atoms with Gasteiger partial charge in [-0.1, -0.05) is 66.7 Å². The molecule has 0 radical (unpaired) electrons. The monoisotopic (exact) mass is 418 g/mol. The van der Waals surface area contributed by atoms with Gasteiger partial charge in [0, 0.05) is 17.3 Å². The summed E-state index contributed by atoms with van der Waals surface area (Å²) in [6.45, 7) is 4.26. The number of pyridine rings is 1. The highest BCUT2D eigenvalue weighted by Crippen LogP contribution is 2.35. The standard InChI is InChI=1S/C25H23ClN2O2/c1-3-16-5-9-21(19-8-11-22(25(29)30)23(26)14-19)20(18(4-2)13-16)10-6-17-7-12-24(27)28-15-17/h5,7-9,11-12,14-15H,3-4,13H2,1-2H3,(H2,27,28)(H,29,30). The lowest BCUT2D eigenvalue weighted by Gasteiger charge is -2.13. The SMILES string of the molecule is CCC1=CC=C(c2ccc(C(=O)O)c(Cl)c2)C(C#Cc2ccc(N)nc2)=C(CC)C1. The fraction of sp³-hybridized carbons (Fsp3) is 0.200. The summed E-state index contributed by atoms with van der Waals surface area (Å²) in [5.74, 6) is 5.94. The van der Waals surface area contributed by atoms with E-state index in [0.717, 1.165) is 41.5 Å². The van der Waals surface area contributed by atoms with Gasteiger partial charge in [0.05, 0.1) is 10.6 Å². The zero-order valence-electron chi connectivity index (χ0n) is 17.0. The molecule has 0 spiro atoms. The van der Waals surface area contributed by atoms with Crippen LogP contribution < -0.4 is 5.73 Å². The minimum atomic E-state index is -1.05. The molecule has 0 unspecified atom stereocenters. The number of hydrogen-bond donors (Lipinski definition) is 2. The number of nitrogens with two attached hydrogens (primary N) is 1. The number of carboxylic acids is 1. The van der Waals surface area contributed by atoms with Crippen LogP contribution >= 0.6 is 11.6 Å². The summed E-state index contributed by atoms with van der Waals surface area (Å²) in [5, 5.41) is 9.49. The van der Waals surface area contributed by atoms with Gasteiger partial charge in [-0.3, -0.25) is 0 Å². The number of nitrogens with zero attached hydrogens (tertiary/aromatic N) is 1. The number of aromatic carboxylic acids is 1. The van der Waals surface area contributed by atoms with Crippen LogP contribution in [0.4, 0.5) is 5.82 Å². The summed E-state index contributed by atoms with van der Waals surface area (Å²) < 4.78 is 0. The summed E-state index contributed by atoms with van der Waals surface area (Å²) in [6.07, 6.45) is 8.51. The van der Waals surface area contributed by atoms with Crippen molar-refractivity contribution in [2.75, 3.05) is 5.73 Å². The van der Waals surface area contributed by atoms with Gasteiger partial charge in [0.15, 0.2) is 0 Å². The highest BCUT2D eigenvalue weighted by molar-refractivity contribution is 6.33. The Morgan fingerprint density at radius 1 is 1.17 bits per heavy atom. The van der Waals surface area contributed by atoms with Crippen molar-refractivity contribution >= 4 is 29.0 Å². The van der Waals surface area contributed by atoms with Crippen molar-refractivity contribution in [1.82, 2.24) is 4.98 Å². The lowest BCUT2D eigenvalue weighted by molar-refractivity contribution is 0.0697. The maximum atomic E-state index is 11.3. The minimum Gasteiger partial charge on any atom is -0.478 e. The molecular formula is C25H23ClN2O2. The molecule has 3 N–H and O–H groups in total. The van der Waals surface area contributed by atoms with Crippen molar-refractivity contribution < 1.29 is 9.90 Å². The summed E-state index contributed by atoms with van der Waals surface area (Å²) in [7, 11) is 0. The van der Waals surface area contributed by atoms with Crippen LogP contribution in [0, 0.1) is 11.8 Å². The van der Waals surface area contributed by atoms with Gasteiger partial charge in [-0.25, -0.2) is 9.78 Å². The van der Waals surface area contributed by atoms with Gasteiger partial charge in [0.25, 0.3) is 0 Å². The average molecular weight is 419 g/mol. The molecule has 0 aliphatic heterocycles. The normalized spacial score (nSPS) is 13.7. The van der Waals surface area contributed by atoms with Crippen molar-refractivity contribution in [3.8, 4) is 11.8 Å². The number of halogens is 1. The third-order valence-corrected chi connectivity index (χ3v) is 5.37. The molecule has 1 aromatic carbocycles. The number of allylic oxidation sites excluding steroid dienone is 6. The van der Waals surface area contributed by atoms with Crippen LogP contribution in [-0.2, 0) is 0 Å². The molecule has 0 atom stereocenters. The molecule has 0 fully saturated rings. The molecule has 152 valence electrons. The van der Waals surface area contributed by atoms with Gasteiger partial charge >= 0.3 is 5.97 Å². The van der Waals surface area contributed by atoms with E-state index in [9.17, 15) is 9.90 Å². The fourth-order valence-electron chi connectivity index (χ4n) is 3.31. The van der Waals surface area contributed by atoms with Crippen LogP contribution in [0.5, 0.6) is 0 Å². The van der Waals surface area contributed by atoms with Crippen LogP contribution in [0.1, 0.15) is 54.6 Å². The quantitative estimate of drug-likeness (QED) is 0.606. The molecular weight excluding hydrogens is 396 g/mol. The third kappa shape index (κ3) is 4.82. The van der Waals surface area contributed by atoms with Crippen molar-refractivity contribution in [1.29, 1.82) is 0 Å². The van der Waals surface area contributed by atoms with E-state index in [1.165, 1.54) is 17.2 Å². The molecule has 0 bridgehead atoms. The lowest BCUT2D eigenvalue weighted by atomic mass is 9.91. The summed E-state index contributed by atoms with van der Waals surface area (Å²) in [5.41, 5.74) is 11.8. The second-order valence-corrected chi connectivity index (χ2v) is 7.40. The Hall–Kier alpha value is -3.29. The van der Waals surface area contributed by atoms with E-state index in [0.29, 0.717) is 5.82 Å². The summed E-state index contributed by atoms with van der Waals surface area (Å²) in [6, 6.07) is 8.59. The van der Waals surface area contributed by atoms with Gasteiger partial charge < -0.3 is 10.8 Å². The highest BCUT2D eigenvalue weighted by atomic mass is 35.5. The molecule has 5 heteroatoms. The molecule has 1 aliphatic rings. The largest absolute Gasteiger partial charge is 0.478 e.